The highest BCUT2D eigenvalue weighted by Gasteiger charge is 2.19. The van der Waals surface area contributed by atoms with Gasteiger partial charge in [0.15, 0.2) is 0 Å². The molecule has 0 atom stereocenters. The number of rotatable bonds is 3. The van der Waals surface area contributed by atoms with Gasteiger partial charge in [-0.15, -0.1) is 11.3 Å². The third-order valence-corrected chi connectivity index (χ3v) is 4.78. The average molecular weight is 277 g/mol. The first kappa shape index (κ1) is 11.9. The van der Waals surface area contributed by atoms with Crippen molar-refractivity contribution in [3.63, 3.8) is 0 Å². The molecule has 0 radical (unpaired) electrons. The lowest BCUT2D eigenvalue weighted by Gasteiger charge is -2.25. The van der Waals surface area contributed by atoms with Gasteiger partial charge in [-0.1, -0.05) is 42.3 Å². The largest absolute Gasteiger partial charge is 0.288 e. The minimum atomic E-state index is 0.0621. The summed E-state index contributed by atoms with van der Waals surface area (Å²) in [4.78, 5) is 12.9. The number of hydrogen-bond donors (Lipinski definition) is 0. The molecule has 1 heterocycles. The van der Waals surface area contributed by atoms with Gasteiger partial charge in [0.2, 0.25) is 5.78 Å². The zero-order valence-electron chi connectivity index (χ0n) is 9.86. The van der Waals surface area contributed by atoms with Gasteiger partial charge in [-0.2, -0.15) is 0 Å². The molecule has 0 bridgehead atoms. The summed E-state index contributed by atoms with van der Waals surface area (Å²) in [6.07, 6.45) is 3.90. The molecule has 0 unspecified atom stereocenters. The van der Waals surface area contributed by atoms with Crippen LogP contribution >= 0.6 is 22.9 Å². The Bertz CT molecular complexity index is 566. The molecule has 3 heteroatoms. The molecule has 1 saturated carbocycles. The summed E-state index contributed by atoms with van der Waals surface area (Å²) in [5, 5.41) is 0. The number of hydrogen-bond acceptors (Lipinski definition) is 2. The SMILES string of the molecule is O=C(c1ccc(C2CCC2)cc1)c1ccc(Cl)s1. The molecule has 1 aromatic carbocycles. The second-order valence-electron chi connectivity index (χ2n) is 4.68. The zero-order chi connectivity index (χ0) is 12.5. The quantitative estimate of drug-likeness (QED) is 0.729. The fraction of sp³-hybridized carbons (Fsp3) is 0.267. The molecule has 0 amide bonds. The summed E-state index contributed by atoms with van der Waals surface area (Å²) in [7, 11) is 0. The summed E-state index contributed by atoms with van der Waals surface area (Å²) < 4.78 is 0.657. The van der Waals surface area contributed by atoms with Crippen molar-refractivity contribution in [3.05, 3.63) is 56.7 Å². The molecule has 92 valence electrons. The molecule has 1 aromatic heterocycles. The van der Waals surface area contributed by atoms with Gasteiger partial charge in [-0.05, 0) is 36.5 Å². The summed E-state index contributed by atoms with van der Waals surface area (Å²) in [5.74, 6) is 0.775. The van der Waals surface area contributed by atoms with Crippen molar-refractivity contribution in [2.45, 2.75) is 25.2 Å². The Morgan fingerprint density at radius 1 is 1.11 bits per heavy atom. The van der Waals surface area contributed by atoms with E-state index in [9.17, 15) is 4.79 Å². The molecular formula is C15H13ClOS. The van der Waals surface area contributed by atoms with Crippen LogP contribution in [0.1, 0.15) is 46.0 Å². The minimum Gasteiger partial charge on any atom is -0.288 e. The topological polar surface area (TPSA) is 17.1 Å². The Morgan fingerprint density at radius 2 is 1.83 bits per heavy atom. The molecule has 1 aliphatic rings. The number of carbonyl (C=O) groups excluding carboxylic acids is 1. The second-order valence-corrected chi connectivity index (χ2v) is 6.40. The van der Waals surface area contributed by atoms with Gasteiger partial charge in [-0.25, -0.2) is 0 Å². The van der Waals surface area contributed by atoms with Gasteiger partial charge in [0.05, 0.1) is 9.21 Å². The van der Waals surface area contributed by atoms with Crippen molar-refractivity contribution in [2.24, 2.45) is 0 Å². The van der Waals surface area contributed by atoms with Crippen LogP contribution < -0.4 is 0 Å². The van der Waals surface area contributed by atoms with E-state index in [0.29, 0.717) is 15.1 Å². The average Bonchev–Trinajstić information content (AvgIpc) is 2.74. The first-order valence-corrected chi connectivity index (χ1v) is 7.33. The van der Waals surface area contributed by atoms with Gasteiger partial charge in [-0.3, -0.25) is 4.79 Å². The number of ketones is 1. The number of benzene rings is 1. The van der Waals surface area contributed by atoms with E-state index in [1.54, 1.807) is 12.1 Å². The highest BCUT2D eigenvalue weighted by molar-refractivity contribution is 7.18. The molecule has 1 nitrogen and oxygen atoms in total. The van der Waals surface area contributed by atoms with Gasteiger partial charge in [0.1, 0.15) is 0 Å². The summed E-state index contributed by atoms with van der Waals surface area (Å²) in [6, 6.07) is 11.6. The van der Waals surface area contributed by atoms with Crippen molar-refractivity contribution in [1.29, 1.82) is 0 Å². The van der Waals surface area contributed by atoms with Crippen LogP contribution in [0.2, 0.25) is 4.34 Å². The fourth-order valence-electron chi connectivity index (χ4n) is 2.23. The lowest BCUT2D eigenvalue weighted by atomic mass is 9.80. The molecule has 1 fully saturated rings. The number of carbonyl (C=O) groups is 1. The van der Waals surface area contributed by atoms with Crippen LogP contribution in [0.5, 0.6) is 0 Å². The third kappa shape index (κ3) is 2.23. The van der Waals surface area contributed by atoms with Crippen LogP contribution in [0.15, 0.2) is 36.4 Å². The van der Waals surface area contributed by atoms with E-state index in [1.165, 1.54) is 36.2 Å². The van der Waals surface area contributed by atoms with Crippen molar-refractivity contribution in [2.75, 3.05) is 0 Å². The Morgan fingerprint density at radius 3 is 2.33 bits per heavy atom. The predicted molar refractivity (Wildman–Crippen MR) is 75.8 cm³/mol. The van der Waals surface area contributed by atoms with E-state index in [-0.39, 0.29) is 5.78 Å². The highest BCUT2D eigenvalue weighted by atomic mass is 35.5. The maximum Gasteiger partial charge on any atom is 0.202 e. The molecule has 18 heavy (non-hydrogen) atoms. The standard InChI is InChI=1S/C15H13ClOS/c16-14-9-8-13(18-14)15(17)12-6-4-11(5-7-12)10-2-1-3-10/h4-10H,1-3H2. The number of thiophene rings is 1. The normalized spacial score (nSPS) is 15.4. The second kappa shape index (κ2) is 4.87. The lowest BCUT2D eigenvalue weighted by molar-refractivity contribution is 0.104. The maximum absolute atomic E-state index is 12.2. The summed E-state index contributed by atoms with van der Waals surface area (Å²) in [5.41, 5.74) is 2.11. The van der Waals surface area contributed by atoms with E-state index in [0.717, 1.165) is 5.56 Å². The summed E-state index contributed by atoms with van der Waals surface area (Å²) >= 11 is 7.18. The molecule has 3 rings (SSSR count). The molecular weight excluding hydrogens is 264 g/mol. The monoisotopic (exact) mass is 276 g/mol. The summed E-state index contributed by atoms with van der Waals surface area (Å²) in [6.45, 7) is 0. The van der Waals surface area contributed by atoms with Crippen molar-refractivity contribution in [3.8, 4) is 0 Å². The third-order valence-electron chi connectivity index (χ3n) is 3.55. The zero-order valence-corrected chi connectivity index (χ0v) is 11.4. The van der Waals surface area contributed by atoms with Crippen LogP contribution in [-0.2, 0) is 0 Å². The Balaban J connectivity index is 1.81. The highest BCUT2D eigenvalue weighted by Crippen LogP contribution is 2.36. The molecule has 0 aliphatic heterocycles. The van der Waals surface area contributed by atoms with E-state index in [4.69, 9.17) is 11.6 Å². The van der Waals surface area contributed by atoms with Crippen LogP contribution in [0.4, 0.5) is 0 Å². The van der Waals surface area contributed by atoms with Crippen LogP contribution in [0.3, 0.4) is 0 Å². The van der Waals surface area contributed by atoms with Gasteiger partial charge in [0, 0.05) is 5.56 Å². The Kier molecular flexibility index (Phi) is 3.23. The maximum atomic E-state index is 12.2. The van der Waals surface area contributed by atoms with E-state index in [1.807, 2.05) is 12.1 Å². The first-order valence-electron chi connectivity index (χ1n) is 6.14. The minimum absolute atomic E-state index is 0.0621. The molecule has 0 N–H and O–H groups in total. The van der Waals surface area contributed by atoms with E-state index < -0.39 is 0 Å². The van der Waals surface area contributed by atoms with Crippen LogP contribution in [-0.4, -0.2) is 5.78 Å². The molecule has 1 aliphatic carbocycles. The fourth-order valence-corrected chi connectivity index (χ4v) is 3.23. The first-order chi connectivity index (χ1) is 8.74. The van der Waals surface area contributed by atoms with Gasteiger partial charge in [0.25, 0.3) is 0 Å². The molecule has 2 aromatic rings. The smallest absolute Gasteiger partial charge is 0.202 e. The van der Waals surface area contributed by atoms with Crippen LogP contribution in [0.25, 0.3) is 0 Å². The van der Waals surface area contributed by atoms with Crippen molar-refractivity contribution < 1.29 is 4.79 Å². The molecule has 0 saturated heterocycles. The van der Waals surface area contributed by atoms with Crippen LogP contribution in [0, 0.1) is 0 Å². The van der Waals surface area contributed by atoms with Gasteiger partial charge >= 0.3 is 0 Å². The van der Waals surface area contributed by atoms with Crippen molar-refractivity contribution in [1.82, 2.24) is 0 Å². The Labute approximate surface area is 115 Å². The lowest BCUT2D eigenvalue weighted by Crippen LogP contribution is -2.09. The Hall–Kier alpha value is -1.12. The van der Waals surface area contributed by atoms with Crippen molar-refractivity contribution >= 4 is 28.7 Å². The van der Waals surface area contributed by atoms with Gasteiger partial charge < -0.3 is 0 Å². The predicted octanol–water partition coefficient (Wildman–Crippen LogP) is 4.90. The van der Waals surface area contributed by atoms with E-state index >= 15 is 0 Å². The number of halogens is 1. The molecule has 0 spiro atoms. The van der Waals surface area contributed by atoms with E-state index in [2.05, 4.69) is 12.1 Å².